The molecule has 6 nitrogen and oxygen atoms in total. The molecule has 0 aliphatic rings. The van der Waals surface area contributed by atoms with Crippen molar-refractivity contribution < 1.29 is 26.4 Å². The number of hydrogen-bond acceptors (Lipinski definition) is 3. The number of sulfonamides is 1. The van der Waals surface area contributed by atoms with E-state index >= 15 is 0 Å². The van der Waals surface area contributed by atoms with E-state index < -0.39 is 28.7 Å². The highest BCUT2D eigenvalue weighted by Crippen LogP contribution is 2.19. The van der Waals surface area contributed by atoms with Crippen LogP contribution in [0.2, 0.25) is 0 Å². The highest BCUT2D eigenvalue weighted by atomic mass is 32.2. The molecular weight excluding hydrogens is 311 g/mol. The number of halogens is 3. The van der Waals surface area contributed by atoms with Gasteiger partial charge in [0.1, 0.15) is 17.1 Å². The number of aryl methyl sites for hydroxylation is 1. The second kappa shape index (κ2) is 6.06. The van der Waals surface area contributed by atoms with Gasteiger partial charge in [-0.05, 0) is 12.5 Å². The number of primary sulfonamides is 1. The number of alkyl halides is 3. The van der Waals surface area contributed by atoms with E-state index in [0.717, 1.165) is 19.3 Å². The molecule has 2 N–H and O–H groups in total. The van der Waals surface area contributed by atoms with Gasteiger partial charge in [-0.15, -0.1) is 0 Å². The van der Waals surface area contributed by atoms with E-state index in [1.54, 1.807) is 6.92 Å². The summed E-state index contributed by atoms with van der Waals surface area (Å²) in [4.78, 5) is 12.2. The zero-order valence-electron chi connectivity index (χ0n) is 11.5. The van der Waals surface area contributed by atoms with Crippen LogP contribution < -0.4 is 5.14 Å². The molecule has 0 atom stereocenters. The number of nitrogens with two attached hydrogens (primary N) is 1. The summed E-state index contributed by atoms with van der Waals surface area (Å²) in [7, 11) is -3.04. The van der Waals surface area contributed by atoms with E-state index in [1.165, 1.54) is 4.57 Å². The number of hydrogen-bond donors (Lipinski definition) is 1. The van der Waals surface area contributed by atoms with Gasteiger partial charge in [0.25, 0.3) is 5.91 Å². The zero-order valence-corrected chi connectivity index (χ0v) is 12.3. The molecule has 1 rings (SSSR count). The molecule has 0 saturated heterocycles. The number of amides is 1. The summed E-state index contributed by atoms with van der Waals surface area (Å²) in [5.41, 5.74) is -0.146. The highest BCUT2D eigenvalue weighted by molar-refractivity contribution is 7.89. The average Bonchev–Trinajstić information content (AvgIpc) is 2.70. The van der Waals surface area contributed by atoms with Crippen molar-refractivity contribution in [2.75, 3.05) is 13.6 Å². The van der Waals surface area contributed by atoms with E-state index in [0.29, 0.717) is 11.3 Å². The SMILES string of the molecule is CCCn1cc(S(N)(=O)=O)cc1C(=O)N(C)CC(F)(F)F. The third-order valence-electron chi connectivity index (χ3n) is 2.65. The molecule has 1 aromatic rings. The van der Waals surface area contributed by atoms with Crippen molar-refractivity contribution in [1.82, 2.24) is 9.47 Å². The lowest BCUT2D eigenvalue weighted by atomic mass is 10.3. The van der Waals surface area contributed by atoms with E-state index in [2.05, 4.69) is 0 Å². The minimum absolute atomic E-state index is 0.146. The van der Waals surface area contributed by atoms with Gasteiger partial charge in [-0.2, -0.15) is 13.2 Å². The molecule has 1 heterocycles. The maximum atomic E-state index is 12.3. The Bertz CT molecular complexity index is 622. The maximum absolute atomic E-state index is 12.3. The number of aromatic nitrogens is 1. The summed E-state index contributed by atoms with van der Waals surface area (Å²) in [6.45, 7) is 0.647. The largest absolute Gasteiger partial charge is 0.406 e. The minimum Gasteiger partial charge on any atom is -0.342 e. The fourth-order valence-corrected chi connectivity index (χ4v) is 2.33. The zero-order chi connectivity index (χ0) is 16.4. The molecule has 0 radical (unpaired) electrons. The first kappa shape index (κ1) is 17.5. The third kappa shape index (κ3) is 4.74. The van der Waals surface area contributed by atoms with Crippen LogP contribution in [0.4, 0.5) is 13.2 Å². The Hall–Kier alpha value is -1.55. The van der Waals surface area contributed by atoms with Crippen molar-refractivity contribution in [3.05, 3.63) is 18.0 Å². The topological polar surface area (TPSA) is 85.4 Å². The molecule has 10 heteroatoms. The van der Waals surface area contributed by atoms with Crippen LogP contribution in [-0.2, 0) is 16.6 Å². The van der Waals surface area contributed by atoms with Crippen LogP contribution in [0.3, 0.4) is 0 Å². The third-order valence-corrected chi connectivity index (χ3v) is 3.53. The quantitative estimate of drug-likeness (QED) is 0.881. The molecule has 0 saturated carbocycles. The fourth-order valence-electron chi connectivity index (χ4n) is 1.78. The summed E-state index contributed by atoms with van der Waals surface area (Å²) in [5, 5.41) is 4.97. The van der Waals surface area contributed by atoms with Gasteiger partial charge in [-0.3, -0.25) is 4.79 Å². The van der Waals surface area contributed by atoms with Crippen molar-refractivity contribution in [3.63, 3.8) is 0 Å². The molecule has 0 aromatic carbocycles. The van der Waals surface area contributed by atoms with Crippen LogP contribution in [0.1, 0.15) is 23.8 Å². The summed E-state index contributed by atoms with van der Waals surface area (Å²) in [6, 6.07) is 0.986. The van der Waals surface area contributed by atoms with Crippen LogP contribution in [0, 0.1) is 0 Å². The Morgan fingerprint density at radius 3 is 2.43 bits per heavy atom. The molecule has 0 bridgehead atoms. The van der Waals surface area contributed by atoms with Crippen LogP contribution in [-0.4, -0.2) is 43.6 Å². The van der Waals surface area contributed by atoms with Crippen molar-refractivity contribution in [3.8, 4) is 0 Å². The first-order chi connectivity index (χ1) is 9.45. The molecule has 0 aliphatic heterocycles. The maximum Gasteiger partial charge on any atom is 0.406 e. The molecular formula is C11H16F3N3O3S. The Labute approximate surface area is 120 Å². The average molecular weight is 327 g/mol. The van der Waals surface area contributed by atoms with Crippen LogP contribution in [0.25, 0.3) is 0 Å². The van der Waals surface area contributed by atoms with E-state index in [9.17, 15) is 26.4 Å². The monoisotopic (exact) mass is 327 g/mol. The summed E-state index contributed by atoms with van der Waals surface area (Å²) < 4.78 is 60.8. The van der Waals surface area contributed by atoms with Crippen molar-refractivity contribution in [1.29, 1.82) is 0 Å². The van der Waals surface area contributed by atoms with Gasteiger partial charge in [0.15, 0.2) is 0 Å². The molecule has 0 spiro atoms. The molecule has 0 fully saturated rings. The second-order valence-electron chi connectivity index (χ2n) is 4.58. The Kier molecular flexibility index (Phi) is 5.05. The van der Waals surface area contributed by atoms with Gasteiger partial charge in [0.2, 0.25) is 10.0 Å². The lowest BCUT2D eigenvalue weighted by Gasteiger charge is -2.19. The van der Waals surface area contributed by atoms with Gasteiger partial charge in [-0.1, -0.05) is 6.92 Å². The van der Waals surface area contributed by atoms with Crippen molar-refractivity contribution in [2.24, 2.45) is 5.14 Å². The molecule has 1 amide bonds. The van der Waals surface area contributed by atoms with Crippen molar-refractivity contribution in [2.45, 2.75) is 31.0 Å². The summed E-state index contributed by atoms with van der Waals surface area (Å²) in [6.07, 6.45) is -2.81. The van der Waals surface area contributed by atoms with Gasteiger partial charge in [-0.25, -0.2) is 13.6 Å². The first-order valence-corrected chi connectivity index (χ1v) is 7.55. The normalized spacial score (nSPS) is 12.5. The van der Waals surface area contributed by atoms with Crippen LogP contribution in [0.15, 0.2) is 17.2 Å². The Morgan fingerprint density at radius 1 is 1.43 bits per heavy atom. The highest BCUT2D eigenvalue weighted by Gasteiger charge is 2.32. The second-order valence-corrected chi connectivity index (χ2v) is 6.14. The molecule has 0 unspecified atom stereocenters. The van der Waals surface area contributed by atoms with E-state index in [1.807, 2.05) is 0 Å². The number of rotatable bonds is 5. The van der Waals surface area contributed by atoms with Crippen LogP contribution >= 0.6 is 0 Å². The summed E-state index contributed by atoms with van der Waals surface area (Å²) >= 11 is 0. The van der Waals surface area contributed by atoms with Gasteiger partial charge in [0.05, 0.1) is 0 Å². The predicted molar refractivity (Wildman–Crippen MR) is 69.1 cm³/mol. The molecule has 120 valence electrons. The van der Waals surface area contributed by atoms with Gasteiger partial charge in [0, 0.05) is 19.8 Å². The first-order valence-electron chi connectivity index (χ1n) is 6.01. The number of carbonyl (C=O) groups excluding carboxylic acids is 1. The molecule has 1 aromatic heterocycles. The van der Waals surface area contributed by atoms with Gasteiger partial charge < -0.3 is 9.47 Å². The van der Waals surface area contributed by atoms with E-state index in [4.69, 9.17) is 5.14 Å². The fraction of sp³-hybridized carbons (Fsp3) is 0.545. The Balaban J connectivity index is 3.16. The standard InChI is InChI=1S/C11H16F3N3O3S/c1-3-4-17-6-8(21(15,19)20)5-9(17)10(18)16(2)7-11(12,13)14/h5-6H,3-4,7H2,1-2H3,(H2,15,19,20). The number of carbonyl (C=O) groups is 1. The Morgan fingerprint density at radius 2 is 2.00 bits per heavy atom. The van der Waals surface area contributed by atoms with E-state index in [-0.39, 0.29) is 17.1 Å². The van der Waals surface area contributed by atoms with Crippen molar-refractivity contribution >= 4 is 15.9 Å². The van der Waals surface area contributed by atoms with Crippen LogP contribution in [0.5, 0.6) is 0 Å². The predicted octanol–water partition coefficient (Wildman–Crippen LogP) is 1.18. The summed E-state index contributed by atoms with van der Waals surface area (Å²) in [5.74, 6) is -0.921. The molecule has 21 heavy (non-hydrogen) atoms. The lowest BCUT2D eigenvalue weighted by Crippen LogP contribution is -2.36. The lowest BCUT2D eigenvalue weighted by molar-refractivity contribution is -0.138. The van der Waals surface area contributed by atoms with Gasteiger partial charge >= 0.3 is 6.18 Å². The smallest absolute Gasteiger partial charge is 0.342 e. The number of nitrogens with zero attached hydrogens (tertiary/aromatic N) is 2. The minimum atomic E-state index is -4.53. The molecule has 0 aliphatic carbocycles.